The third kappa shape index (κ3) is 4.24. The van der Waals surface area contributed by atoms with Crippen LogP contribution in [0.3, 0.4) is 0 Å². The van der Waals surface area contributed by atoms with Crippen LogP contribution < -0.4 is 10.6 Å². The Morgan fingerprint density at radius 1 is 1.13 bits per heavy atom. The van der Waals surface area contributed by atoms with E-state index in [1.165, 1.54) is 24.2 Å². The van der Waals surface area contributed by atoms with E-state index in [-0.39, 0.29) is 0 Å². The van der Waals surface area contributed by atoms with Crippen molar-refractivity contribution < 1.29 is 0 Å². The van der Waals surface area contributed by atoms with E-state index in [0.717, 1.165) is 12.5 Å². The van der Waals surface area contributed by atoms with Gasteiger partial charge in [-0.3, -0.25) is 0 Å². The molecule has 0 saturated carbocycles. The molecule has 2 N–H and O–H groups in total. The monoisotopic (exact) mass is 206 g/mol. The molecule has 1 rings (SSSR count). The molecule has 0 aliphatic rings. The van der Waals surface area contributed by atoms with Crippen molar-refractivity contribution in [1.29, 1.82) is 0 Å². The van der Waals surface area contributed by atoms with E-state index in [9.17, 15) is 0 Å². The Morgan fingerprint density at radius 3 is 2.40 bits per heavy atom. The van der Waals surface area contributed by atoms with Gasteiger partial charge in [0.2, 0.25) is 0 Å². The average Bonchev–Trinajstić information content (AvgIpc) is 2.24. The second kappa shape index (κ2) is 6.33. The van der Waals surface area contributed by atoms with E-state index in [1.807, 2.05) is 13.1 Å². The fraction of sp³-hybridized carbons (Fsp3) is 0.538. The minimum atomic E-state index is 0.798. The van der Waals surface area contributed by atoms with E-state index in [1.54, 1.807) is 0 Å². The molecule has 2 heteroatoms. The number of anilines is 2. The van der Waals surface area contributed by atoms with Gasteiger partial charge in [0.15, 0.2) is 0 Å². The van der Waals surface area contributed by atoms with Crippen molar-refractivity contribution in [3.8, 4) is 0 Å². The Hall–Kier alpha value is -1.18. The Bertz CT molecular complexity index is 282. The molecule has 0 unspecified atom stereocenters. The Kier molecular flexibility index (Phi) is 5.02. The van der Waals surface area contributed by atoms with Gasteiger partial charge in [-0.05, 0) is 30.9 Å². The fourth-order valence-corrected chi connectivity index (χ4v) is 1.59. The molecular weight excluding hydrogens is 184 g/mol. The van der Waals surface area contributed by atoms with Crippen LogP contribution in [0.4, 0.5) is 11.4 Å². The zero-order chi connectivity index (χ0) is 11.1. The van der Waals surface area contributed by atoms with Crippen molar-refractivity contribution in [3.63, 3.8) is 0 Å². The molecule has 0 heterocycles. The van der Waals surface area contributed by atoms with Crippen LogP contribution in [0.2, 0.25) is 0 Å². The molecule has 84 valence electrons. The minimum absolute atomic E-state index is 0.798. The molecular formula is C13H22N2. The Morgan fingerprint density at radius 2 is 1.80 bits per heavy atom. The second-order valence-corrected chi connectivity index (χ2v) is 4.26. The largest absolute Gasteiger partial charge is 0.386 e. The number of hydrogen-bond acceptors (Lipinski definition) is 2. The van der Waals surface area contributed by atoms with Crippen LogP contribution in [-0.2, 0) is 0 Å². The lowest BCUT2D eigenvalue weighted by Crippen LogP contribution is -2.05. The number of rotatable bonds is 6. The number of benzene rings is 1. The molecule has 2 nitrogen and oxygen atoms in total. The van der Waals surface area contributed by atoms with Crippen molar-refractivity contribution in [3.05, 3.63) is 24.3 Å². The normalized spacial score (nSPS) is 10.4. The molecule has 0 amide bonds. The van der Waals surface area contributed by atoms with E-state index in [0.29, 0.717) is 0 Å². The number of hydrogen-bond donors (Lipinski definition) is 2. The highest BCUT2D eigenvalue weighted by Gasteiger charge is 1.98. The summed E-state index contributed by atoms with van der Waals surface area (Å²) in [5.74, 6) is 0.798. The third-order valence-electron chi connectivity index (χ3n) is 2.47. The van der Waals surface area contributed by atoms with Crippen LogP contribution in [0.15, 0.2) is 24.3 Å². The minimum Gasteiger partial charge on any atom is -0.386 e. The van der Waals surface area contributed by atoms with Crippen LogP contribution >= 0.6 is 0 Å². The first-order valence-corrected chi connectivity index (χ1v) is 5.74. The van der Waals surface area contributed by atoms with Crippen molar-refractivity contribution in [2.45, 2.75) is 26.7 Å². The lowest BCUT2D eigenvalue weighted by Gasteiger charge is -2.11. The molecule has 0 aliphatic carbocycles. The SMILES string of the molecule is CNc1ccccc1NCCCC(C)C. The van der Waals surface area contributed by atoms with Crippen molar-refractivity contribution in [1.82, 2.24) is 0 Å². The van der Waals surface area contributed by atoms with Crippen LogP contribution in [0.5, 0.6) is 0 Å². The highest BCUT2D eigenvalue weighted by Crippen LogP contribution is 2.20. The quantitative estimate of drug-likeness (QED) is 0.695. The van der Waals surface area contributed by atoms with Crippen LogP contribution in [0.25, 0.3) is 0 Å². The molecule has 0 saturated heterocycles. The lowest BCUT2D eigenvalue weighted by atomic mass is 10.1. The molecule has 15 heavy (non-hydrogen) atoms. The predicted octanol–water partition coefficient (Wildman–Crippen LogP) is 3.58. The summed E-state index contributed by atoms with van der Waals surface area (Å²) in [6, 6.07) is 8.31. The first-order valence-electron chi connectivity index (χ1n) is 5.74. The van der Waals surface area contributed by atoms with E-state index < -0.39 is 0 Å². The maximum absolute atomic E-state index is 3.46. The predicted molar refractivity (Wildman–Crippen MR) is 68.6 cm³/mol. The van der Waals surface area contributed by atoms with Gasteiger partial charge in [-0.15, -0.1) is 0 Å². The van der Waals surface area contributed by atoms with Gasteiger partial charge in [-0.2, -0.15) is 0 Å². The van der Waals surface area contributed by atoms with Crippen molar-refractivity contribution in [2.75, 3.05) is 24.2 Å². The van der Waals surface area contributed by atoms with Gasteiger partial charge in [-0.1, -0.05) is 26.0 Å². The summed E-state index contributed by atoms with van der Waals surface area (Å²) in [4.78, 5) is 0. The van der Waals surface area contributed by atoms with Crippen molar-refractivity contribution >= 4 is 11.4 Å². The first kappa shape index (κ1) is 11.9. The van der Waals surface area contributed by atoms with Gasteiger partial charge in [0, 0.05) is 13.6 Å². The zero-order valence-electron chi connectivity index (χ0n) is 10.0. The highest BCUT2D eigenvalue weighted by atomic mass is 14.9. The summed E-state index contributed by atoms with van der Waals surface area (Å²) in [5, 5.41) is 6.64. The van der Waals surface area contributed by atoms with E-state index >= 15 is 0 Å². The molecule has 1 aromatic rings. The molecule has 0 aromatic heterocycles. The molecule has 1 aromatic carbocycles. The van der Waals surface area contributed by atoms with Gasteiger partial charge in [-0.25, -0.2) is 0 Å². The van der Waals surface area contributed by atoms with Gasteiger partial charge < -0.3 is 10.6 Å². The molecule has 0 aliphatic heterocycles. The summed E-state index contributed by atoms with van der Waals surface area (Å²) >= 11 is 0. The third-order valence-corrected chi connectivity index (χ3v) is 2.47. The van der Waals surface area contributed by atoms with Gasteiger partial charge in [0.25, 0.3) is 0 Å². The average molecular weight is 206 g/mol. The Labute approximate surface area is 93.1 Å². The maximum Gasteiger partial charge on any atom is 0.0575 e. The molecule has 0 radical (unpaired) electrons. The van der Waals surface area contributed by atoms with E-state index in [2.05, 4.69) is 42.7 Å². The molecule has 0 fully saturated rings. The van der Waals surface area contributed by atoms with Gasteiger partial charge in [0.1, 0.15) is 0 Å². The van der Waals surface area contributed by atoms with Crippen LogP contribution in [0, 0.1) is 5.92 Å². The first-order chi connectivity index (χ1) is 7.24. The van der Waals surface area contributed by atoms with Crippen molar-refractivity contribution in [2.24, 2.45) is 5.92 Å². The number of para-hydroxylation sites is 2. The van der Waals surface area contributed by atoms with Crippen LogP contribution in [-0.4, -0.2) is 13.6 Å². The van der Waals surface area contributed by atoms with E-state index in [4.69, 9.17) is 0 Å². The second-order valence-electron chi connectivity index (χ2n) is 4.26. The lowest BCUT2D eigenvalue weighted by molar-refractivity contribution is 0.567. The summed E-state index contributed by atoms with van der Waals surface area (Å²) in [7, 11) is 1.95. The Balaban J connectivity index is 2.36. The summed E-state index contributed by atoms with van der Waals surface area (Å²) in [6.45, 7) is 5.58. The number of nitrogens with one attached hydrogen (secondary N) is 2. The molecule has 0 atom stereocenters. The summed E-state index contributed by atoms with van der Waals surface area (Å²) in [6.07, 6.45) is 2.52. The smallest absolute Gasteiger partial charge is 0.0575 e. The highest BCUT2D eigenvalue weighted by molar-refractivity contribution is 5.68. The summed E-state index contributed by atoms with van der Waals surface area (Å²) in [5.41, 5.74) is 2.37. The zero-order valence-corrected chi connectivity index (χ0v) is 10.0. The van der Waals surface area contributed by atoms with Crippen LogP contribution in [0.1, 0.15) is 26.7 Å². The fourth-order valence-electron chi connectivity index (χ4n) is 1.59. The molecule has 0 spiro atoms. The molecule has 0 bridgehead atoms. The van der Waals surface area contributed by atoms with Gasteiger partial charge >= 0.3 is 0 Å². The summed E-state index contributed by atoms with van der Waals surface area (Å²) < 4.78 is 0. The topological polar surface area (TPSA) is 24.1 Å². The van der Waals surface area contributed by atoms with Gasteiger partial charge in [0.05, 0.1) is 11.4 Å². The maximum atomic E-state index is 3.46. The standard InChI is InChI=1S/C13H22N2/c1-11(2)7-6-10-15-13-9-5-4-8-12(13)14-3/h4-5,8-9,11,14-15H,6-7,10H2,1-3H3.